The van der Waals surface area contributed by atoms with Crippen LogP contribution in [-0.2, 0) is 21.9 Å². The Morgan fingerprint density at radius 1 is 0.959 bits per heavy atom. The highest BCUT2D eigenvalue weighted by Crippen LogP contribution is 2.46. The van der Waals surface area contributed by atoms with E-state index in [-0.39, 0.29) is 34.6 Å². The SMILES string of the molecule is CCOc1cc(C2/C(=C(\O)c3ccc(OCc4ccccc4C)cc3)C(=O)C(=O)N2c2nnc(SCc3ccc(Cl)cc3Cl)s2)ccc1O. The number of carbonyl (C=O) groups is 2. The number of halogens is 2. The molecule has 1 aliphatic rings. The Labute approximate surface area is 300 Å². The van der Waals surface area contributed by atoms with Crippen LogP contribution in [0.5, 0.6) is 17.2 Å². The monoisotopic (exact) mass is 733 g/mol. The number of aromatic nitrogens is 2. The van der Waals surface area contributed by atoms with Gasteiger partial charge in [-0.3, -0.25) is 14.5 Å². The van der Waals surface area contributed by atoms with E-state index < -0.39 is 17.7 Å². The smallest absolute Gasteiger partial charge is 0.301 e. The lowest BCUT2D eigenvalue weighted by Gasteiger charge is -2.23. The van der Waals surface area contributed by atoms with Crippen molar-refractivity contribution in [2.24, 2.45) is 0 Å². The minimum absolute atomic E-state index is 0.112. The first-order valence-electron chi connectivity index (χ1n) is 15.1. The van der Waals surface area contributed by atoms with Crippen molar-refractivity contribution >= 4 is 68.9 Å². The number of aryl methyl sites for hydroxylation is 1. The van der Waals surface area contributed by atoms with E-state index in [1.807, 2.05) is 37.3 Å². The number of aliphatic hydroxyl groups is 1. The molecule has 2 heterocycles. The summed E-state index contributed by atoms with van der Waals surface area (Å²) in [4.78, 5) is 28.6. The number of nitrogens with zero attached hydrogens (tertiary/aromatic N) is 3. The van der Waals surface area contributed by atoms with Gasteiger partial charge in [-0.15, -0.1) is 10.2 Å². The maximum absolute atomic E-state index is 13.7. The number of ketones is 1. The molecule has 1 atom stereocenters. The lowest BCUT2D eigenvalue weighted by Crippen LogP contribution is -2.29. The number of amides is 1. The molecule has 0 bridgehead atoms. The molecule has 1 aromatic heterocycles. The third kappa shape index (κ3) is 7.40. The Morgan fingerprint density at radius 2 is 1.73 bits per heavy atom. The molecule has 1 unspecified atom stereocenters. The van der Waals surface area contributed by atoms with E-state index >= 15 is 0 Å². The topological polar surface area (TPSA) is 122 Å². The first kappa shape index (κ1) is 34.3. The number of carbonyl (C=O) groups excluding carboxylic acids is 2. The molecule has 5 aromatic rings. The molecule has 4 aromatic carbocycles. The summed E-state index contributed by atoms with van der Waals surface area (Å²) < 4.78 is 12.1. The highest BCUT2D eigenvalue weighted by molar-refractivity contribution is 8.00. The number of anilines is 1. The molecular weight excluding hydrogens is 705 g/mol. The second kappa shape index (κ2) is 14.9. The summed E-state index contributed by atoms with van der Waals surface area (Å²) >= 11 is 14.8. The van der Waals surface area contributed by atoms with Crippen LogP contribution in [0.25, 0.3) is 5.76 Å². The van der Waals surface area contributed by atoms with E-state index in [0.717, 1.165) is 28.0 Å². The maximum atomic E-state index is 13.7. The van der Waals surface area contributed by atoms with Gasteiger partial charge in [0.2, 0.25) is 5.13 Å². The molecule has 0 aliphatic carbocycles. The van der Waals surface area contributed by atoms with Crippen LogP contribution in [0.2, 0.25) is 10.0 Å². The Hall–Kier alpha value is -4.55. The molecule has 13 heteroatoms. The number of phenolic OH excluding ortho intramolecular Hbond substituents is 1. The fraction of sp³-hybridized carbons (Fsp3) is 0.167. The molecule has 250 valence electrons. The summed E-state index contributed by atoms with van der Waals surface area (Å²) in [5.74, 6) is -1.08. The van der Waals surface area contributed by atoms with Crippen molar-refractivity contribution in [3.63, 3.8) is 0 Å². The zero-order chi connectivity index (χ0) is 34.7. The first-order chi connectivity index (χ1) is 23.6. The van der Waals surface area contributed by atoms with Crippen LogP contribution in [0.3, 0.4) is 0 Å². The van der Waals surface area contributed by atoms with Gasteiger partial charge in [0, 0.05) is 21.4 Å². The Kier molecular flexibility index (Phi) is 10.4. The number of aliphatic hydroxyl groups excluding tert-OH is 1. The minimum Gasteiger partial charge on any atom is -0.507 e. The van der Waals surface area contributed by atoms with Gasteiger partial charge in [0.15, 0.2) is 15.8 Å². The van der Waals surface area contributed by atoms with Crippen molar-refractivity contribution < 1.29 is 29.3 Å². The van der Waals surface area contributed by atoms with E-state index in [2.05, 4.69) is 10.2 Å². The highest BCUT2D eigenvalue weighted by atomic mass is 35.5. The summed E-state index contributed by atoms with van der Waals surface area (Å²) in [6.45, 7) is 4.41. The van der Waals surface area contributed by atoms with Gasteiger partial charge in [-0.05, 0) is 84.6 Å². The minimum atomic E-state index is -1.10. The lowest BCUT2D eigenvalue weighted by molar-refractivity contribution is -0.132. The lowest BCUT2D eigenvalue weighted by atomic mass is 9.95. The van der Waals surface area contributed by atoms with Crippen LogP contribution in [-0.4, -0.2) is 38.7 Å². The Morgan fingerprint density at radius 3 is 2.47 bits per heavy atom. The molecule has 9 nitrogen and oxygen atoms in total. The number of hydrogen-bond acceptors (Lipinski definition) is 10. The zero-order valence-electron chi connectivity index (χ0n) is 26.2. The van der Waals surface area contributed by atoms with Gasteiger partial charge in [0.05, 0.1) is 18.2 Å². The molecule has 1 aliphatic heterocycles. The van der Waals surface area contributed by atoms with Gasteiger partial charge >= 0.3 is 5.91 Å². The predicted octanol–water partition coefficient (Wildman–Crippen LogP) is 8.76. The van der Waals surface area contributed by atoms with Crippen LogP contribution in [0.4, 0.5) is 5.13 Å². The van der Waals surface area contributed by atoms with Gasteiger partial charge in [-0.25, -0.2) is 0 Å². The number of Topliss-reactive ketones (excluding diaryl/α,β-unsaturated/α-hetero) is 1. The molecule has 1 amide bonds. The Balaban J connectivity index is 1.34. The fourth-order valence-electron chi connectivity index (χ4n) is 5.25. The average Bonchev–Trinajstić information content (AvgIpc) is 3.66. The maximum Gasteiger partial charge on any atom is 0.301 e. The third-order valence-electron chi connectivity index (χ3n) is 7.80. The first-order valence-corrected chi connectivity index (χ1v) is 17.6. The van der Waals surface area contributed by atoms with Crippen molar-refractivity contribution in [3.05, 3.63) is 128 Å². The van der Waals surface area contributed by atoms with Crippen LogP contribution in [0, 0.1) is 6.92 Å². The van der Waals surface area contributed by atoms with E-state index in [1.54, 1.807) is 49.4 Å². The number of thioether (sulfide) groups is 1. The van der Waals surface area contributed by atoms with Gasteiger partial charge in [-0.1, -0.05) is 82.7 Å². The second-order valence-corrected chi connectivity index (χ2v) is 14.0. The van der Waals surface area contributed by atoms with E-state index in [4.69, 9.17) is 32.7 Å². The van der Waals surface area contributed by atoms with Crippen LogP contribution in [0.15, 0.2) is 94.8 Å². The van der Waals surface area contributed by atoms with Crippen LogP contribution in [0.1, 0.15) is 40.8 Å². The van der Waals surface area contributed by atoms with Crippen LogP contribution < -0.4 is 14.4 Å². The molecule has 0 spiro atoms. The van der Waals surface area contributed by atoms with Crippen molar-refractivity contribution in [2.45, 2.75) is 36.6 Å². The standard InChI is InChI=1S/C36H29Cl2N3O6S2/c1-3-46-29-16-22(11-15-28(29)42)31-30(32(43)21-9-13-26(14-10-21)47-18-23-7-5-4-6-20(23)2)33(44)34(45)41(31)35-39-40-36(49-35)48-19-24-8-12-25(37)17-27(24)38/h4-17,31,42-43H,3,18-19H2,1-2H3/b32-30+. The summed E-state index contributed by atoms with van der Waals surface area (Å²) in [5, 5.41) is 31.7. The molecule has 1 fully saturated rings. The third-order valence-corrected chi connectivity index (χ3v) is 10.5. The van der Waals surface area contributed by atoms with Crippen molar-refractivity contribution in [3.8, 4) is 17.2 Å². The predicted molar refractivity (Wildman–Crippen MR) is 192 cm³/mol. The van der Waals surface area contributed by atoms with Crippen LogP contribution >= 0.6 is 46.3 Å². The van der Waals surface area contributed by atoms with Gasteiger partial charge in [0.1, 0.15) is 18.1 Å². The number of benzene rings is 4. The number of ether oxygens (including phenoxy) is 2. The average molecular weight is 735 g/mol. The quantitative estimate of drug-likeness (QED) is 0.0451. The molecule has 2 N–H and O–H groups in total. The molecule has 49 heavy (non-hydrogen) atoms. The van der Waals surface area contributed by atoms with Gasteiger partial charge in [0.25, 0.3) is 5.78 Å². The number of aromatic hydroxyl groups is 1. The van der Waals surface area contributed by atoms with E-state index in [0.29, 0.717) is 43.6 Å². The van der Waals surface area contributed by atoms with Gasteiger partial charge in [-0.2, -0.15) is 0 Å². The van der Waals surface area contributed by atoms with Gasteiger partial charge < -0.3 is 19.7 Å². The van der Waals surface area contributed by atoms with Crippen molar-refractivity contribution in [2.75, 3.05) is 11.5 Å². The molecule has 1 saturated heterocycles. The van der Waals surface area contributed by atoms with E-state index in [1.165, 1.54) is 28.8 Å². The highest BCUT2D eigenvalue weighted by Gasteiger charge is 2.48. The number of hydrogen-bond donors (Lipinski definition) is 2. The number of rotatable bonds is 11. The molecular formula is C36H29Cl2N3O6S2. The fourth-order valence-corrected chi connectivity index (χ4v) is 7.68. The largest absolute Gasteiger partial charge is 0.507 e. The summed E-state index contributed by atoms with van der Waals surface area (Å²) in [5.41, 5.74) is 3.56. The summed E-state index contributed by atoms with van der Waals surface area (Å²) in [7, 11) is 0. The second-order valence-electron chi connectivity index (χ2n) is 10.9. The van der Waals surface area contributed by atoms with E-state index in [9.17, 15) is 19.8 Å². The molecule has 0 saturated carbocycles. The normalized spacial score (nSPS) is 15.5. The van der Waals surface area contributed by atoms with Crippen molar-refractivity contribution in [1.29, 1.82) is 0 Å². The zero-order valence-corrected chi connectivity index (χ0v) is 29.4. The Bertz CT molecular complexity index is 2070. The summed E-state index contributed by atoms with van der Waals surface area (Å²) in [6.07, 6.45) is 0. The molecule has 6 rings (SSSR count). The van der Waals surface area contributed by atoms with Crippen molar-refractivity contribution in [1.82, 2.24) is 10.2 Å². The molecule has 0 radical (unpaired) electrons. The summed E-state index contributed by atoms with van der Waals surface area (Å²) in [6, 6.07) is 23.2. The number of phenols is 1.